The highest BCUT2D eigenvalue weighted by atomic mass is 16.0. The van der Waals surface area contributed by atoms with Crippen molar-refractivity contribution in [3.05, 3.63) is 12.2 Å². The van der Waals surface area contributed by atoms with Gasteiger partial charge >= 0.3 is 0 Å². The van der Waals surface area contributed by atoms with Gasteiger partial charge in [-0.3, -0.25) is 0 Å². The van der Waals surface area contributed by atoms with E-state index in [4.69, 9.17) is 0 Å². The average molecular weight is 74.1 g/mol. The quantitative estimate of drug-likeness (QED) is 0.380. The van der Waals surface area contributed by atoms with Crippen LogP contribution in [0.3, 0.4) is 0 Å². The highest BCUT2D eigenvalue weighted by Gasteiger charge is 1.51. The van der Waals surface area contributed by atoms with E-state index in [0.717, 1.165) is 0 Å². The van der Waals surface area contributed by atoms with Crippen molar-refractivity contribution < 1.29 is 5.48 Å². The third-order valence-corrected chi connectivity index (χ3v) is 0. The van der Waals surface area contributed by atoms with Gasteiger partial charge in [0.15, 0.2) is 0 Å². The lowest BCUT2D eigenvalue weighted by Crippen LogP contribution is -1.43. The first-order valence-corrected chi connectivity index (χ1v) is 1.35. The van der Waals surface area contributed by atoms with Crippen molar-refractivity contribution >= 4 is 0 Å². The van der Waals surface area contributed by atoms with Gasteiger partial charge in [0.1, 0.15) is 0 Å². The highest BCUT2D eigenvalue weighted by molar-refractivity contribution is 4.78. The number of hydrogen-bond acceptors (Lipinski definition) is 0. The molecule has 0 amide bonds. The van der Waals surface area contributed by atoms with Gasteiger partial charge in [-0.05, 0) is 13.8 Å². The molecule has 2 N–H and O–H groups in total. The minimum Gasteiger partial charge on any atom is -0.412 e. The van der Waals surface area contributed by atoms with Gasteiger partial charge in [-0.2, -0.15) is 0 Å². The zero-order chi connectivity index (χ0) is 3.58. The first-order chi connectivity index (χ1) is 1.73. The monoisotopic (exact) mass is 74.1 g/mol. The average Bonchev–Trinajstić information content (AvgIpc) is 0.811. The molecule has 0 atom stereocenters. The minimum absolute atomic E-state index is 0. The Morgan fingerprint density at radius 1 is 1.40 bits per heavy atom. The zero-order valence-corrected chi connectivity index (χ0v) is 3.71. The van der Waals surface area contributed by atoms with Gasteiger partial charge in [0.2, 0.25) is 0 Å². The predicted molar refractivity (Wildman–Crippen MR) is 24.1 cm³/mol. The van der Waals surface area contributed by atoms with E-state index in [-0.39, 0.29) is 5.48 Å². The van der Waals surface area contributed by atoms with E-state index in [2.05, 4.69) is 6.58 Å². The van der Waals surface area contributed by atoms with E-state index in [0.29, 0.717) is 0 Å². The van der Waals surface area contributed by atoms with E-state index in [1.165, 1.54) is 5.57 Å². The molecule has 0 bridgehead atoms. The van der Waals surface area contributed by atoms with Gasteiger partial charge in [-0.25, -0.2) is 0 Å². The van der Waals surface area contributed by atoms with E-state index in [1.807, 2.05) is 13.8 Å². The van der Waals surface area contributed by atoms with Crippen LogP contribution in [0.15, 0.2) is 12.2 Å². The van der Waals surface area contributed by atoms with Crippen molar-refractivity contribution in [3.63, 3.8) is 0 Å². The summed E-state index contributed by atoms with van der Waals surface area (Å²) < 4.78 is 0. The summed E-state index contributed by atoms with van der Waals surface area (Å²) in [4.78, 5) is 0. The molecule has 0 radical (unpaired) electrons. The molecule has 0 heterocycles. The molecule has 0 aliphatic carbocycles. The lowest BCUT2D eigenvalue weighted by atomic mass is 10.4. The maximum Gasteiger partial charge on any atom is -0.0445 e. The fraction of sp³-hybridized carbons (Fsp3) is 0.500. The Bertz CT molecular complexity index is 26.6. The normalized spacial score (nSPS) is 5.20. The Morgan fingerprint density at radius 3 is 1.40 bits per heavy atom. The summed E-state index contributed by atoms with van der Waals surface area (Å²) in [5.41, 5.74) is 1.17. The molecule has 32 valence electrons. The molecule has 0 saturated carbocycles. The Kier molecular flexibility index (Phi) is 6.53. The number of allylic oxidation sites excluding steroid dienone is 1. The molecule has 0 fully saturated rings. The third kappa shape index (κ3) is 119. The fourth-order valence-corrected chi connectivity index (χ4v) is 0. The van der Waals surface area contributed by atoms with Crippen molar-refractivity contribution in [2.75, 3.05) is 0 Å². The van der Waals surface area contributed by atoms with Crippen LogP contribution >= 0.6 is 0 Å². The number of hydrogen-bond donors (Lipinski definition) is 0. The molecule has 0 spiro atoms. The lowest BCUT2D eigenvalue weighted by Gasteiger charge is -1.65. The van der Waals surface area contributed by atoms with Crippen LogP contribution in [-0.2, 0) is 0 Å². The van der Waals surface area contributed by atoms with Gasteiger partial charge in [-0.15, -0.1) is 6.58 Å². The van der Waals surface area contributed by atoms with Gasteiger partial charge in [-0.1, -0.05) is 5.57 Å². The molecule has 1 nitrogen and oxygen atoms in total. The van der Waals surface area contributed by atoms with Crippen molar-refractivity contribution in [1.29, 1.82) is 0 Å². The van der Waals surface area contributed by atoms with Gasteiger partial charge in [0.25, 0.3) is 0 Å². The maximum atomic E-state index is 3.56. The van der Waals surface area contributed by atoms with Crippen LogP contribution < -0.4 is 0 Å². The second-order valence-corrected chi connectivity index (χ2v) is 1.21. The Balaban J connectivity index is 0. The molecule has 0 aromatic heterocycles. The Labute approximate surface area is 32.6 Å². The molecule has 0 rings (SSSR count). The summed E-state index contributed by atoms with van der Waals surface area (Å²) in [5.74, 6) is 0. The van der Waals surface area contributed by atoms with Gasteiger partial charge in [0, 0.05) is 0 Å². The van der Waals surface area contributed by atoms with Crippen LogP contribution in [0.4, 0.5) is 0 Å². The van der Waals surface area contributed by atoms with Crippen molar-refractivity contribution in [2.24, 2.45) is 0 Å². The van der Waals surface area contributed by atoms with E-state index in [9.17, 15) is 0 Å². The molecule has 0 saturated heterocycles. The third-order valence-electron chi connectivity index (χ3n) is 0. The molecule has 0 aliphatic heterocycles. The van der Waals surface area contributed by atoms with Crippen molar-refractivity contribution in [3.8, 4) is 0 Å². The highest BCUT2D eigenvalue weighted by Crippen LogP contribution is 1.73. The van der Waals surface area contributed by atoms with Crippen LogP contribution in [-0.4, -0.2) is 5.48 Å². The fourth-order valence-electron chi connectivity index (χ4n) is 0. The summed E-state index contributed by atoms with van der Waals surface area (Å²) in [6.07, 6.45) is 0. The summed E-state index contributed by atoms with van der Waals surface area (Å²) in [5, 5.41) is 0. The first kappa shape index (κ1) is 8.83. The summed E-state index contributed by atoms with van der Waals surface area (Å²) in [6, 6.07) is 0. The van der Waals surface area contributed by atoms with Crippen LogP contribution in [0.2, 0.25) is 0 Å². The maximum absolute atomic E-state index is 3.56. The molecule has 1 heteroatoms. The second-order valence-electron chi connectivity index (χ2n) is 1.21. The van der Waals surface area contributed by atoms with E-state index >= 15 is 0 Å². The second kappa shape index (κ2) is 3.70. The first-order valence-electron chi connectivity index (χ1n) is 1.35. The standard InChI is InChI=1S/C4H8.H2O/c1-4(2)3;/h1H2,2-3H3;1H2. The van der Waals surface area contributed by atoms with Crippen molar-refractivity contribution in [2.45, 2.75) is 13.8 Å². The van der Waals surface area contributed by atoms with Crippen LogP contribution in [0, 0.1) is 0 Å². The predicted octanol–water partition coefficient (Wildman–Crippen LogP) is 0.758. The molecule has 0 aromatic carbocycles. The van der Waals surface area contributed by atoms with Crippen LogP contribution in [0.25, 0.3) is 0 Å². The van der Waals surface area contributed by atoms with Gasteiger partial charge in [0.05, 0.1) is 0 Å². The van der Waals surface area contributed by atoms with E-state index < -0.39 is 0 Å². The van der Waals surface area contributed by atoms with Crippen LogP contribution in [0.1, 0.15) is 13.8 Å². The Morgan fingerprint density at radius 2 is 1.40 bits per heavy atom. The summed E-state index contributed by atoms with van der Waals surface area (Å²) in [6.45, 7) is 7.50. The topological polar surface area (TPSA) is 31.5 Å². The minimum atomic E-state index is 0. The van der Waals surface area contributed by atoms with E-state index in [1.54, 1.807) is 0 Å². The van der Waals surface area contributed by atoms with Crippen molar-refractivity contribution in [1.82, 2.24) is 0 Å². The molecule has 0 aromatic rings. The SMILES string of the molecule is C=C(C)C.O. The summed E-state index contributed by atoms with van der Waals surface area (Å²) in [7, 11) is 0. The number of rotatable bonds is 0. The molecule has 0 aliphatic rings. The van der Waals surface area contributed by atoms with Gasteiger partial charge < -0.3 is 5.48 Å². The molecule has 5 heavy (non-hydrogen) atoms. The smallest absolute Gasteiger partial charge is 0.0445 e. The zero-order valence-electron chi connectivity index (χ0n) is 3.71. The molecular weight excluding hydrogens is 64.0 g/mol. The Hall–Kier alpha value is -0.300. The lowest BCUT2D eigenvalue weighted by molar-refractivity contribution is 0.824. The molecular formula is C4H10O. The van der Waals surface area contributed by atoms with Crippen LogP contribution in [0.5, 0.6) is 0 Å². The summed E-state index contributed by atoms with van der Waals surface area (Å²) >= 11 is 0. The molecule has 0 unspecified atom stereocenters. The largest absolute Gasteiger partial charge is 0.412 e.